The van der Waals surface area contributed by atoms with Crippen molar-refractivity contribution in [2.24, 2.45) is 0 Å². The van der Waals surface area contributed by atoms with Crippen molar-refractivity contribution in [3.8, 4) is 0 Å². The normalized spacial score (nSPS) is 22.2. The van der Waals surface area contributed by atoms with E-state index in [-0.39, 0.29) is 10.8 Å². The van der Waals surface area contributed by atoms with Gasteiger partial charge in [-0.05, 0) is 12.8 Å². The molecule has 1 saturated heterocycles. The molecule has 0 aromatic carbocycles. The van der Waals surface area contributed by atoms with Crippen LogP contribution in [0.1, 0.15) is 25.7 Å². The number of hydrogen-bond acceptors (Lipinski definition) is 3. The minimum Gasteiger partial charge on any atom is -0.469 e. The van der Waals surface area contributed by atoms with Crippen LogP contribution in [0.25, 0.3) is 0 Å². The molecule has 1 fully saturated rings. The van der Waals surface area contributed by atoms with E-state index in [1.165, 1.54) is 7.11 Å². The van der Waals surface area contributed by atoms with E-state index in [0.717, 1.165) is 19.3 Å². The van der Waals surface area contributed by atoms with Crippen LogP contribution < -0.4 is 0 Å². The maximum absolute atomic E-state index is 11.1. The Bertz CT molecular complexity index is 315. The van der Waals surface area contributed by atoms with Gasteiger partial charge < -0.3 is 9.47 Å². The summed E-state index contributed by atoms with van der Waals surface area (Å²) in [4.78, 5) is 11.3. The number of epoxide rings is 1. The van der Waals surface area contributed by atoms with Gasteiger partial charge in [0.1, 0.15) is 0 Å². The minimum absolute atomic E-state index is 0.0987. The molecule has 112 valence electrons. The lowest BCUT2D eigenvalue weighted by Crippen LogP contribution is -2.59. The van der Waals surface area contributed by atoms with E-state index < -0.39 is 16.1 Å². The van der Waals surface area contributed by atoms with Crippen LogP contribution in [0.15, 0.2) is 0 Å². The lowest BCUT2D eigenvalue weighted by atomic mass is 10.1. The quantitative estimate of drug-likeness (QED) is 0.312. The predicted molar refractivity (Wildman–Crippen MR) is 84.8 cm³/mol. The topological polar surface area (TPSA) is 38.8 Å². The van der Waals surface area contributed by atoms with Gasteiger partial charge >= 0.3 is 5.97 Å². The van der Waals surface area contributed by atoms with E-state index in [1.54, 1.807) is 0 Å². The predicted octanol–water partition coefficient (Wildman–Crippen LogP) is 3.61. The first-order chi connectivity index (χ1) is 8.56. The van der Waals surface area contributed by atoms with Crippen molar-refractivity contribution < 1.29 is 14.3 Å². The summed E-state index contributed by atoms with van der Waals surface area (Å²) in [6.07, 6.45) is 4.07. The third-order valence-corrected chi connectivity index (χ3v) is 14.1. The molecular formula is C14H30O3Si2. The number of methoxy groups -OCH3 is 1. The number of carbonyl (C=O) groups excluding carboxylic acids is 1. The molecule has 0 spiro atoms. The Hall–Kier alpha value is -0.136. The summed E-state index contributed by atoms with van der Waals surface area (Å²) in [6.45, 7) is 14.6. The van der Waals surface area contributed by atoms with Crippen molar-refractivity contribution in [3.05, 3.63) is 0 Å². The number of carbonyl (C=O) groups is 1. The molecule has 1 atom stereocenters. The highest BCUT2D eigenvalue weighted by Crippen LogP contribution is 2.52. The highest BCUT2D eigenvalue weighted by molar-refractivity contribution is 6.99. The third kappa shape index (κ3) is 3.50. The van der Waals surface area contributed by atoms with Crippen molar-refractivity contribution in [3.63, 3.8) is 0 Å². The molecule has 19 heavy (non-hydrogen) atoms. The Morgan fingerprint density at radius 2 is 1.63 bits per heavy atom. The van der Waals surface area contributed by atoms with E-state index in [9.17, 15) is 4.79 Å². The second-order valence-corrected chi connectivity index (χ2v) is 18.6. The van der Waals surface area contributed by atoms with Crippen LogP contribution in [0.5, 0.6) is 0 Å². The van der Waals surface area contributed by atoms with Gasteiger partial charge in [0.25, 0.3) is 0 Å². The Morgan fingerprint density at radius 1 is 1.11 bits per heavy atom. The SMILES string of the molecule is COC(=O)CCCCC1OC1([Si](C)(C)C)[Si](C)(C)C. The zero-order valence-corrected chi connectivity index (χ0v) is 15.6. The van der Waals surface area contributed by atoms with Crippen LogP contribution in [0, 0.1) is 0 Å². The second-order valence-electron chi connectivity index (χ2n) is 7.66. The summed E-state index contributed by atoms with van der Waals surface area (Å²) >= 11 is 0. The van der Waals surface area contributed by atoms with Crippen molar-refractivity contribution >= 4 is 22.1 Å². The summed E-state index contributed by atoms with van der Waals surface area (Å²) in [5.74, 6) is -0.0987. The highest BCUT2D eigenvalue weighted by Gasteiger charge is 2.69. The molecule has 0 amide bonds. The van der Waals surface area contributed by atoms with E-state index >= 15 is 0 Å². The van der Waals surface area contributed by atoms with Gasteiger partial charge in [-0.25, -0.2) is 0 Å². The fraction of sp³-hybridized carbons (Fsp3) is 0.929. The minimum atomic E-state index is -1.31. The van der Waals surface area contributed by atoms with Crippen LogP contribution in [0.2, 0.25) is 39.3 Å². The number of hydrogen-bond donors (Lipinski definition) is 0. The number of rotatable bonds is 7. The average Bonchev–Trinajstić information content (AvgIpc) is 2.98. The fourth-order valence-electron chi connectivity index (χ4n) is 3.60. The first kappa shape index (κ1) is 16.9. The van der Waals surface area contributed by atoms with Crippen molar-refractivity contribution in [1.29, 1.82) is 0 Å². The average molecular weight is 303 g/mol. The molecule has 1 heterocycles. The summed E-state index contributed by atoms with van der Waals surface area (Å²) in [6, 6.07) is 0. The zero-order chi connectivity index (χ0) is 14.9. The monoisotopic (exact) mass is 302 g/mol. The number of ether oxygens (including phenoxy) is 2. The Balaban J connectivity index is 2.48. The molecule has 0 radical (unpaired) electrons. The van der Waals surface area contributed by atoms with Crippen LogP contribution >= 0.6 is 0 Å². The lowest BCUT2D eigenvalue weighted by molar-refractivity contribution is -0.140. The highest BCUT2D eigenvalue weighted by atomic mass is 28.4. The standard InChI is InChI=1S/C14H30O3Si2/c1-16-13(15)11-9-8-10-12-14(17-12,18(2,3)4)19(5,6)7/h12H,8-11H2,1-7H3. The molecule has 1 rings (SSSR count). The Labute approximate surface area is 120 Å². The fourth-order valence-corrected chi connectivity index (χ4v) is 15.8. The summed E-state index contributed by atoms with van der Waals surface area (Å²) in [5.41, 5.74) is 0. The molecule has 3 nitrogen and oxygen atoms in total. The van der Waals surface area contributed by atoms with Gasteiger partial charge in [0.05, 0.1) is 34.2 Å². The maximum atomic E-state index is 11.1. The molecule has 0 saturated carbocycles. The lowest BCUT2D eigenvalue weighted by Gasteiger charge is -2.36. The van der Waals surface area contributed by atoms with Crippen LogP contribution in [-0.2, 0) is 14.3 Å². The molecule has 1 aliphatic rings. The van der Waals surface area contributed by atoms with E-state index in [1.807, 2.05) is 0 Å². The van der Waals surface area contributed by atoms with Gasteiger partial charge in [0.2, 0.25) is 0 Å². The van der Waals surface area contributed by atoms with E-state index in [2.05, 4.69) is 44.0 Å². The van der Waals surface area contributed by atoms with E-state index in [0.29, 0.717) is 12.5 Å². The zero-order valence-electron chi connectivity index (χ0n) is 13.6. The molecule has 5 heteroatoms. The first-order valence-corrected chi connectivity index (χ1v) is 14.3. The molecule has 0 aromatic rings. The Kier molecular flexibility index (Phi) is 5.07. The van der Waals surface area contributed by atoms with Gasteiger partial charge in [-0.15, -0.1) is 0 Å². The van der Waals surface area contributed by atoms with Gasteiger partial charge in [0, 0.05) is 6.42 Å². The van der Waals surface area contributed by atoms with Gasteiger partial charge in [-0.1, -0.05) is 45.7 Å². The molecule has 1 unspecified atom stereocenters. The Morgan fingerprint density at radius 3 is 2.00 bits per heavy atom. The summed E-state index contributed by atoms with van der Waals surface area (Å²) < 4.78 is 10.9. The van der Waals surface area contributed by atoms with Crippen LogP contribution in [0.3, 0.4) is 0 Å². The van der Waals surface area contributed by atoms with Gasteiger partial charge in [-0.3, -0.25) is 4.79 Å². The van der Waals surface area contributed by atoms with Crippen molar-refractivity contribution in [2.45, 2.75) is 75.9 Å². The molecular weight excluding hydrogens is 272 g/mol. The van der Waals surface area contributed by atoms with Gasteiger partial charge in [0.15, 0.2) is 0 Å². The van der Waals surface area contributed by atoms with Crippen LogP contribution in [-0.4, -0.2) is 40.2 Å². The first-order valence-electron chi connectivity index (χ1n) is 7.31. The molecule has 1 aliphatic heterocycles. The molecule has 0 aromatic heterocycles. The maximum Gasteiger partial charge on any atom is 0.305 e. The molecule has 0 N–H and O–H groups in total. The number of unbranched alkanes of at least 4 members (excludes halogenated alkanes) is 1. The smallest absolute Gasteiger partial charge is 0.305 e. The summed E-state index contributed by atoms with van der Waals surface area (Å²) in [5, 5.41) is 0. The van der Waals surface area contributed by atoms with Crippen molar-refractivity contribution in [2.75, 3.05) is 7.11 Å². The third-order valence-electron chi connectivity index (χ3n) is 4.28. The van der Waals surface area contributed by atoms with E-state index in [4.69, 9.17) is 4.74 Å². The summed E-state index contributed by atoms with van der Waals surface area (Å²) in [7, 11) is -1.17. The van der Waals surface area contributed by atoms with Gasteiger partial charge in [-0.2, -0.15) is 0 Å². The largest absolute Gasteiger partial charge is 0.469 e. The number of esters is 1. The second kappa shape index (κ2) is 5.70. The van der Waals surface area contributed by atoms with Crippen LogP contribution in [0.4, 0.5) is 0 Å². The van der Waals surface area contributed by atoms with Crippen molar-refractivity contribution in [1.82, 2.24) is 0 Å². The molecule has 0 bridgehead atoms. The molecule has 0 aliphatic carbocycles.